The molecule has 0 spiro atoms. The molecule has 0 amide bonds. The number of anilines is 1. The minimum Gasteiger partial charge on any atom is -0.465 e. The highest BCUT2D eigenvalue weighted by Crippen LogP contribution is 2.21. The maximum Gasteiger partial charge on any atom is 0.340 e. The number of nitrogens with two attached hydrogens (primary N) is 1. The van der Waals surface area contributed by atoms with Crippen LogP contribution in [-0.2, 0) is 9.47 Å². The number of methoxy groups -OCH3 is 1. The molecule has 0 saturated heterocycles. The fourth-order valence-corrected chi connectivity index (χ4v) is 1.40. The van der Waals surface area contributed by atoms with Gasteiger partial charge in [-0.3, -0.25) is 0 Å². The van der Waals surface area contributed by atoms with E-state index in [9.17, 15) is 9.59 Å². The third-order valence-electron chi connectivity index (χ3n) is 2.11. The summed E-state index contributed by atoms with van der Waals surface area (Å²) in [5, 5.41) is 0. The van der Waals surface area contributed by atoms with Gasteiger partial charge in [0, 0.05) is 5.69 Å². The predicted molar refractivity (Wildman–Crippen MR) is 67.4 cm³/mol. The Labute approximate surface area is 106 Å². The van der Waals surface area contributed by atoms with E-state index in [1.165, 1.54) is 19.2 Å². The second-order valence-electron chi connectivity index (χ2n) is 4.76. The van der Waals surface area contributed by atoms with E-state index < -0.39 is 17.5 Å². The molecule has 0 radical (unpaired) electrons. The van der Waals surface area contributed by atoms with Crippen molar-refractivity contribution in [2.45, 2.75) is 26.4 Å². The van der Waals surface area contributed by atoms with E-state index in [0.29, 0.717) is 0 Å². The molecule has 0 bridgehead atoms. The van der Waals surface area contributed by atoms with E-state index >= 15 is 0 Å². The second-order valence-corrected chi connectivity index (χ2v) is 4.76. The van der Waals surface area contributed by atoms with Crippen molar-refractivity contribution >= 4 is 17.6 Å². The lowest BCUT2D eigenvalue weighted by Crippen LogP contribution is -2.25. The molecule has 0 saturated carbocycles. The topological polar surface area (TPSA) is 78.6 Å². The lowest BCUT2D eigenvalue weighted by molar-refractivity contribution is 0.00654. The zero-order chi connectivity index (χ0) is 13.9. The van der Waals surface area contributed by atoms with Gasteiger partial charge >= 0.3 is 11.9 Å². The third kappa shape index (κ3) is 3.23. The van der Waals surface area contributed by atoms with Gasteiger partial charge in [0.05, 0.1) is 18.2 Å². The molecule has 0 unspecified atom stereocenters. The lowest BCUT2D eigenvalue weighted by Gasteiger charge is -2.20. The summed E-state index contributed by atoms with van der Waals surface area (Å²) >= 11 is 0. The lowest BCUT2D eigenvalue weighted by atomic mass is 10.1. The summed E-state index contributed by atoms with van der Waals surface area (Å²) in [6.07, 6.45) is 0. The molecular weight excluding hydrogens is 234 g/mol. The summed E-state index contributed by atoms with van der Waals surface area (Å²) in [7, 11) is 1.23. The number of nitrogen functional groups attached to an aromatic ring is 1. The van der Waals surface area contributed by atoms with Crippen LogP contribution in [0.1, 0.15) is 41.5 Å². The van der Waals surface area contributed by atoms with Gasteiger partial charge < -0.3 is 15.2 Å². The van der Waals surface area contributed by atoms with Crippen molar-refractivity contribution in [3.63, 3.8) is 0 Å². The zero-order valence-corrected chi connectivity index (χ0v) is 10.9. The van der Waals surface area contributed by atoms with Gasteiger partial charge in [-0.05, 0) is 32.9 Å². The van der Waals surface area contributed by atoms with E-state index in [-0.39, 0.29) is 16.8 Å². The smallest absolute Gasteiger partial charge is 0.340 e. The van der Waals surface area contributed by atoms with Crippen LogP contribution in [0.15, 0.2) is 18.2 Å². The molecule has 0 heterocycles. The Balaban J connectivity index is 3.20. The van der Waals surface area contributed by atoms with Crippen molar-refractivity contribution in [1.29, 1.82) is 0 Å². The molecule has 5 nitrogen and oxygen atoms in total. The van der Waals surface area contributed by atoms with Gasteiger partial charge in [-0.15, -0.1) is 0 Å². The number of carbonyl (C=O) groups excluding carboxylic acids is 2. The van der Waals surface area contributed by atoms with Gasteiger partial charge in [-0.1, -0.05) is 6.07 Å². The molecule has 1 aromatic rings. The van der Waals surface area contributed by atoms with Gasteiger partial charge in [0.15, 0.2) is 0 Å². The van der Waals surface area contributed by atoms with Gasteiger partial charge in [-0.25, -0.2) is 9.59 Å². The first-order valence-electron chi connectivity index (χ1n) is 5.46. The number of esters is 2. The van der Waals surface area contributed by atoms with E-state index in [1.807, 2.05) is 0 Å². The highest BCUT2D eigenvalue weighted by Gasteiger charge is 2.24. The van der Waals surface area contributed by atoms with Crippen molar-refractivity contribution in [1.82, 2.24) is 0 Å². The summed E-state index contributed by atoms with van der Waals surface area (Å²) in [4.78, 5) is 23.6. The molecule has 0 aromatic heterocycles. The number of hydrogen-bond acceptors (Lipinski definition) is 5. The van der Waals surface area contributed by atoms with Crippen LogP contribution < -0.4 is 5.73 Å². The highest BCUT2D eigenvalue weighted by molar-refractivity contribution is 6.06. The van der Waals surface area contributed by atoms with Crippen LogP contribution in [0.5, 0.6) is 0 Å². The van der Waals surface area contributed by atoms with Crippen LogP contribution >= 0.6 is 0 Å². The Morgan fingerprint density at radius 1 is 1.17 bits per heavy atom. The van der Waals surface area contributed by atoms with Crippen LogP contribution in [-0.4, -0.2) is 24.6 Å². The minimum absolute atomic E-state index is 0.0363. The Hall–Kier alpha value is -2.04. The van der Waals surface area contributed by atoms with Crippen molar-refractivity contribution in [3.05, 3.63) is 29.3 Å². The number of benzene rings is 1. The Kier molecular flexibility index (Phi) is 3.96. The first-order valence-corrected chi connectivity index (χ1v) is 5.46. The molecule has 1 aromatic carbocycles. The van der Waals surface area contributed by atoms with Gasteiger partial charge in [0.1, 0.15) is 5.60 Å². The molecule has 0 aliphatic heterocycles. The van der Waals surface area contributed by atoms with E-state index in [1.54, 1.807) is 26.8 Å². The quantitative estimate of drug-likeness (QED) is 0.642. The Morgan fingerprint density at radius 2 is 1.78 bits per heavy atom. The fourth-order valence-electron chi connectivity index (χ4n) is 1.40. The van der Waals surface area contributed by atoms with Crippen LogP contribution in [0, 0.1) is 0 Å². The molecule has 98 valence electrons. The molecule has 2 N–H and O–H groups in total. The first kappa shape index (κ1) is 14.0. The van der Waals surface area contributed by atoms with E-state index in [2.05, 4.69) is 4.74 Å². The average Bonchev–Trinajstić information content (AvgIpc) is 2.25. The molecular formula is C13H17NO4. The van der Waals surface area contributed by atoms with Gasteiger partial charge in [-0.2, -0.15) is 0 Å². The maximum atomic E-state index is 12.0. The molecule has 0 aliphatic carbocycles. The summed E-state index contributed by atoms with van der Waals surface area (Å²) in [5.74, 6) is -1.26. The second kappa shape index (κ2) is 5.08. The molecule has 0 aliphatic rings. The average molecular weight is 251 g/mol. The first-order chi connectivity index (χ1) is 8.26. The normalized spacial score (nSPS) is 10.9. The van der Waals surface area contributed by atoms with E-state index in [4.69, 9.17) is 10.5 Å². The number of ether oxygens (including phenoxy) is 2. The molecule has 1 rings (SSSR count). The predicted octanol–water partition coefficient (Wildman–Crippen LogP) is 2.01. The van der Waals surface area contributed by atoms with Crippen LogP contribution in [0.25, 0.3) is 0 Å². The van der Waals surface area contributed by atoms with E-state index in [0.717, 1.165) is 0 Å². The summed E-state index contributed by atoms with van der Waals surface area (Å²) in [5.41, 5.74) is 5.38. The van der Waals surface area contributed by atoms with Crippen molar-refractivity contribution in [2.24, 2.45) is 0 Å². The monoisotopic (exact) mass is 251 g/mol. The Morgan fingerprint density at radius 3 is 2.28 bits per heavy atom. The molecule has 18 heavy (non-hydrogen) atoms. The standard InChI is InChI=1S/C13H17NO4/c1-13(2,3)18-11(15)8-6-5-7-9(14)10(8)12(16)17-4/h5-7H,14H2,1-4H3. The Bertz CT molecular complexity index is 474. The highest BCUT2D eigenvalue weighted by atomic mass is 16.6. The SMILES string of the molecule is COC(=O)c1c(N)cccc1C(=O)OC(C)(C)C. The van der Waals surface area contributed by atoms with Crippen LogP contribution in [0.2, 0.25) is 0 Å². The third-order valence-corrected chi connectivity index (χ3v) is 2.11. The van der Waals surface area contributed by atoms with Crippen LogP contribution in [0.3, 0.4) is 0 Å². The molecule has 0 fully saturated rings. The summed E-state index contributed by atoms with van der Waals surface area (Å²) in [6, 6.07) is 4.60. The van der Waals surface area contributed by atoms with Crippen molar-refractivity contribution in [2.75, 3.05) is 12.8 Å². The molecule has 0 atom stereocenters. The minimum atomic E-state index is -0.658. The van der Waals surface area contributed by atoms with Gasteiger partial charge in [0.25, 0.3) is 0 Å². The fraction of sp³-hybridized carbons (Fsp3) is 0.385. The van der Waals surface area contributed by atoms with Crippen molar-refractivity contribution in [3.8, 4) is 0 Å². The number of carbonyl (C=O) groups is 2. The summed E-state index contributed by atoms with van der Waals surface area (Å²) in [6.45, 7) is 5.24. The zero-order valence-electron chi connectivity index (χ0n) is 10.9. The molecule has 5 heteroatoms. The number of rotatable bonds is 2. The largest absolute Gasteiger partial charge is 0.465 e. The summed E-state index contributed by atoms with van der Waals surface area (Å²) < 4.78 is 9.82. The maximum absolute atomic E-state index is 12.0. The van der Waals surface area contributed by atoms with Crippen LogP contribution in [0.4, 0.5) is 5.69 Å². The number of hydrogen-bond donors (Lipinski definition) is 1. The van der Waals surface area contributed by atoms with Crippen molar-refractivity contribution < 1.29 is 19.1 Å². The van der Waals surface area contributed by atoms with Gasteiger partial charge in [0.2, 0.25) is 0 Å².